The quantitative estimate of drug-likeness (QED) is 0.653. The Balaban J connectivity index is 1.89. The lowest BCUT2D eigenvalue weighted by molar-refractivity contribution is -0.186. The number of rotatable bonds is 2. The molecule has 0 aromatic rings. The van der Waals surface area contributed by atoms with Crippen molar-refractivity contribution in [1.82, 2.24) is 9.80 Å². The van der Waals surface area contributed by atoms with Crippen molar-refractivity contribution in [3.63, 3.8) is 0 Å². The van der Waals surface area contributed by atoms with E-state index in [0.717, 1.165) is 39.3 Å². The summed E-state index contributed by atoms with van der Waals surface area (Å²) in [6, 6.07) is 0.659. The van der Waals surface area contributed by atoms with Crippen LogP contribution in [0.2, 0.25) is 0 Å². The summed E-state index contributed by atoms with van der Waals surface area (Å²) in [6.45, 7) is 13.3. The average Bonchev–Trinajstić information content (AvgIpc) is 2.14. The maximum atomic E-state index is 5.93. The Morgan fingerprint density at radius 3 is 2.57 bits per heavy atom. The molecule has 3 nitrogen and oxygen atoms in total. The first-order chi connectivity index (χ1) is 6.65. The highest BCUT2D eigenvalue weighted by Gasteiger charge is 2.46. The van der Waals surface area contributed by atoms with Crippen molar-refractivity contribution in [2.75, 3.05) is 39.3 Å². The molecule has 0 saturated carbocycles. The minimum Gasteiger partial charge on any atom is -0.370 e. The summed E-state index contributed by atoms with van der Waals surface area (Å²) in [4.78, 5) is 4.99. The van der Waals surface area contributed by atoms with Crippen LogP contribution in [0.15, 0.2) is 0 Å². The van der Waals surface area contributed by atoms with Gasteiger partial charge in [-0.2, -0.15) is 0 Å². The summed E-state index contributed by atoms with van der Waals surface area (Å²) in [6.07, 6.45) is 0. The van der Waals surface area contributed by atoms with E-state index >= 15 is 0 Å². The zero-order valence-electron chi connectivity index (χ0n) is 9.62. The van der Waals surface area contributed by atoms with E-state index in [9.17, 15) is 0 Å². The molecule has 0 unspecified atom stereocenters. The van der Waals surface area contributed by atoms with Gasteiger partial charge in [0.15, 0.2) is 0 Å². The first-order valence-corrected chi connectivity index (χ1v) is 5.75. The van der Waals surface area contributed by atoms with Crippen molar-refractivity contribution in [2.45, 2.75) is 32.4 Å². The van der Waals surface area contributed by atoms with Crippen LogP contribution >= 0.6 is 0 Å². The van der Waals surface area contributed by atoms with Crippen LogP contribution in [0.5, 0.6) is 0 Å². The second-order valence-corrected chi connectivity index (χ2v) is 4.90. The van der Waals surface area contributed by atoms with Gasteiger partial charge < -0.3 is 4.74 Å². The third-order valence-corrected chi connectivity index (χ3v) is 3.48. The summed E-state index contributed by atoms with van der Waals surface area (Å²) in [7, 11) is 0. The van der Waals surface area contributed by atoms with Crippen LogP contribution in [0.25, 0.3) is 0 Å². The molecule has 14 heavy (non-hydrogen) atoms. The monoisotopic (exact) mass is 198 g/mol. The molecule has 3 heteroatoms. The Kier molecular flexibility index (Phi) is 2.82. The minimum atomic E-state index is 0.179. The predicted molar refractivity (Wildman–Crippen MR) is 57.5 cm³/mol. The Bertz CT molecular complexity index is 199. The Morgan fingerprint density at radius 2 is 2.00 bits per heavy atom. The van der Waals surface area contributed by atoms with Gasteiger partial charge in [-0.15, -0.1) is 0 Å². The summed E-state index contributed by atoms with van der Waals surface area (Å²) >= 11 is 0. The van der Waals surface area contributed by atoms with Crippen LogP contribution in [0, 0.1) is 0 Å². The maximum absolute atomic E-state index is 5.93. The lowest BCUT2D eigenvalue weighted by atomic mass is 9.91. The van der Waals surface area contributed by atoms with Gasteiger partial charge in [0.25, 0.3) is 0 Å². The molecule has 0 aromatic carbocycles. The van der Waals surface area contributed by atoms with Gasteiger partial charge in [-0.1, -0.05) is 6.92 Å². The van der Waals surface area contributed by atoms with Gasteiger partial charge in [-0.25, -0.2) is 0 Å². The third-order valence-electron chi connectivity index (χ3n) is 3.48. The molecular weight excluding hydrogens is 176 g/mol. The van der Waals surface area contributed by atoms with Crippen LogP contribution < -0.4 is 0 Å². The molecule has 0 bridgehead atoms. The van der Waals surface area contributed by atoms with Gasteiger partial charge in [0.2, 0.25) is 0 Å². The molecule has 82 valence electrons. The predicted octanol–water partition coefficient (Wildman–Crippen LogP) is 0.801. The summed E-state index contributed by atoms with van der Waals surface area (Å²) in [5, 5.41) is 0. The third kappa shape index (κ3) is 1.81. The first-order valence-electron chi connectivity index (χ1n) is 5.75. The molecular formula is C11H22N2O. The highest BCUT2D eigenvalue weighted by atomic mass is 16.5. The highest BCUT2D eigenvalue weighted by molar-refractivity contribution is 5.01. The van der Waals surface area contributed by atoms with Gasteiger partial charge in [-0.05, 0) is 20.4 Å². The van der Waals surface area contributed by atoms with Crippen molar-refractivity contribution < 1.29 is 4.74 Å². The van der Waals surface area contributed by atoms with Crippen LogP contribution in [0.4, 0.5) is 0 Å². The van der Waals surface area contributed by atoms with Gasteiger partial charge >= 0.3 is 0 Å². The number of likely N-dealkylation sites (tertiary alicyclic amines) is 1. The number of likely N-dealkylation sites (N-methyl/N-ethyl adjacent to an activating group) is 1. The lowest BCUT2D eigenvalue weighted by Crippen LogP contribution is -2.70. The number of hydrogen-bond donors (Lipinski definition) is 0. The largest absolute Gasteiger partial charge is 0.370 e. The summed E-state index contributed by atoms with van der Waals surface area (Å²) in [5.74, 6) is 0. The Morgan fingerprint density at radius 1 is 1.29 bits per heavy atom. The van der Waals surface area contributed by atoms with Crippen LogP contribution in [0.1, 0.15) is 20.8 Å². The zero-order chi connectivity index (χ0) is 10.2. The number of nitrogens with zero attached hydrogens (tertiary/aromatic N) is 2. The summed E-state index contributed by atoms with van der Waals surface area (Å²) in [5.41, 5.74) is 0.179. The topological polar surface area (TPSA) is 15.7 Å². The van der Waals surface area contributed by atoms with E-state index in [-0.39, 0.29) is 5.60 Å². The fourth-order valence-corrected chi connectivity index (χ4v) is 2.50. The lowest BCUT2D eigenvalue weighted by Gasteiger charge is -2.54. The number of morpholine rings is 1. The molecule has 2 saturated heterocycles. The SMILES string of the molecule is CCN1CC2(C1)CN(C(C)C)CCO2. The van der Waals surface area contributed by atoms with Gasteiger partial charge in [0.05, 0.1) is 6.61 Å². The van der Waals surface area contributed by atoms with Crippen LogP contribution in [-0.4, -0.2) is 60.8 Å². The van der Waals surface area contributed by atoms with Gasteiger partial charge in [-0.3, -0.25) is 9.80 Å². The normalized spacial score (nSPS) is 28.3. The second kappa shape index (κ2) is 3.80. The highest BCUT2D eigenvalue weighted by Crippen LogP contribution is 2.29. The average molecular weight is 198 g/mol. The molecule has 0 amide bonds. The molecule has 1 spiro atoms. The molecule has 2 aliphatic heterocycles. The van der Waals surface area contributed by atoms with Crippen molar-refractivity contribution in [3.05, 3.63) is 0 Å². The Hall–Kier alpha value is -0.120. The van der Waals surface area contributed by atoms with Gasteiger partial charge in [0, 0.05) is 32.2 Å². The number of ether oxygens (including phenoxy) is 1. The van der Waals surface area contributed by atoms with Crippen molar-refractivity contribution in [2.24, 2.45) is 0 Å². The molecule has 2 aliphatic rings. The van der Waals surface area contributed by atoms with E-state index in [1.165, 1.54) is 0 Å². The van der Waals surface area contributed by atoms with Crippen LogP contribution in [0.3, 0.4) is 0 Å². The van der Waals surface area contributed by atoms with E-state index in [1.54, 1.807) is 0 Å². The zero-order valence-corrected chi connectivity index (χ0v) is 9.62. The molecule has 2 heterocycles. The molecule has 0 aromatic heterocycles. The molecule has 0 atom stereocenters. The molecule has 2 fully saturated rings. The van der Waals surface area contributed by atoms with Crippen molar-refractivity contribution in [1.29, 1.82) is 0 Å². The smallest absolute Gasteiger partial charge is 0.106 e. The Labute approximate surface area is 87.0 Å². The molecule has 0 aliphatic carbocycles. The second-order valence-electron chi connectivity index (χ2n) is 4.90. The maximum Gasteiger partial charge on any atom is 0.106 e. The van der Waals surface area contributed by atoms with E-state index in [2.05, 4.69) is 30.6 Å². The van der Waals surface area contributed by atoms with E-state index in [0.29, 0.717) is 6.04 Å². The molecule has 0 radical (unpaired) electrons. The van der Waals surface area contributed by atoms with Crippen LogP contribution in [-0.2, 0) is 4.74 Å². The molecule has 2 rings (SSSR count). The van der Waals surface area contributed by atoms with E-state index in [1.807, 2.05) is 0 Å². The fourth-order valence-electron chi connectivity index (χ4n) is 2.50. The fraction of sp³-hybridized carbons (Fsp3) is 1.00. The standard InChI is InChI=1S/C11H22N2O/c1-4-12-7-11(8-12)9-13(10(2)3)5-6-14-11/h10H,4-9H2,1-3H3. The summed E-state index contributed by atoms with van der Waals surface area (Å²) < 4.78 is 5.93. The van der Waals surface area contributed by atoms with E-state index in [4.69, 9.17) is 4.74 Å². The van der Waals surface area contributed by atoms with Gasteiger partial charge in [0.1, 0.15) is 5.60 Å². The van der Waals surface area contributed by atoms with E-state index < -0.39 is 0 Å². The minimum absolute atomic E-state index is 0.179. The number of hydrogen-bond acceptors (Lipinski definition) is 3. The first kappa shape index (κ1) is 10.4. The van der Waals surface area contributed by atoms with Crippen molar-refractivity contribution >= 4 is 0 Å². The molecule has 0 N–H and O–H groups in total. The van der Waals surface area contributed by atoms with Crippen molar-refractivity contribution in [3.8, 4) is 0 Å².